The Morgan fingerprint density at radius 3 is 2.05 bits per heavy atom. The van der Waals surface area contributed by atoms with Gasteiger partial charge in [0.25, 0.3) is 0 Å². The molecule has 10 atom stereocenters. The first-order chi connectivity index (χ1) is 26.3. The number of hydrogen-bond donors (Lipinski definition) is 2. The molecule has 0 aliphatic heterocycles. The first-order valence-corrected chi connectivity index (χ1v) is 23.2. The second-order valence-electron chi connectivity index (χ2n) is 17.9. The van der Waals surface area contributed by atoms with Crippen molar-refractivity contribution < 1.29 is 38.4 Å². The molecular formula is C46H67O8P. The minimum atomic E-state index is -3.34. The lowest BCUT2D eigenvalue weighted by Gasteiger charge is -2.61. The van der Waals surface area contributed by atoms with E-state index in [2.05, 4.69) is 20.8 Å². The maximum Gasteiger partial charge on any atom is 0.309 e. The highest BCUT2D eigenvalue weighted by atomic mass is 31.2. The van der Waals surface area contributed by atoms with E-state index in [1.54, 1.807) is 0 Å². The Bertz CT molecular complexity index is 1600. The van der Waals surface area contributed by atoms with Crippen LogP contribution in [0.25, 0.3) is 0 Å². The van der Waals surface area contributed by atoms with E-state index in [0.717, 1.165) is 47.1 Å². The Balaban J connectivity index is 0.000000212. The zero-order chi connectivity index (χ0) is 39.6. The van der Waals surface area contributed by atoms with Crippen LogP contribution >= 0.6 is 7.37 Å². The molecule has 6 rings (SSSR count). The molecule has 2 N–H and O–H groups in total. The van der Waals surface area contributed by atoms with Crippen molar-refractivity contribution in [1.82, 2.24) is 0 Å². The van der Waals surface area contributed by atoms with Crippen molar-refractivity contribution in [3.05, 3.63) is 71.8 Å². The lowest BCUT2D eigenvalue weighted by atomic mass is 9.44. The quantitative estimate of drug-likeness (QED) is 0.127. The van der Waals surface area contributed by atoms with Gasteiger partial charge < -0.3 is 19.5 Å². The molecule has 55 heavy (non-hydrogen) atoms. The summed E-state index contributed by atoms with van der Waals surface area (Å²) in [6.45, 7) is 9.66. The van der Waals surface area contributed by atoms with Crippen molar-refractivity contribution in [2.75, 3.05) is 12.3 Å². The summed E-state index contributed by atoms with van der Waals surface area (Å²) in [5.41, 5.74) is 2.82. The second kappa shape index (κ2) is 19.5. The summed E-state index contributed by atoms with van der Waals surface area (Å²) >= 11 is 0. The van der Waals surface area contributed by atoms with Gasteiger partial charge in [-0.25, -0.2) is 0 Å². The van der Waals surface area contributed by atoms with Crippen LogP contribution in [0.4, 0.5) is 0 Å². The lowest BCUT2D eigenvalue weighted by Crippen LogP contribution is -2.53. The average molecular weight is 779 g/mol. The fraction of sp³-hybridized carbons (Fsp3) is 0.674. The third-order valence-corrected chi connectivity index (χ3v) is 17.2. The minimum absolute atomic E-state index is 0.0305. The number of fused-ring (bicyclic) bond motifs is 5. The Morgan fingerprint density at radius 1 is 0.782 bits per heavy atom. The van der Waals surface area contributed by atoms with Gasteiger partial charge in [-0.3, -0.25) is 18.9 Å². The zero-order valence-electron chi connectivity index (χ0n) is 33.8. The summed E-state index contributed by atoms with van der Waals surface area (Å²) in [6, 6.07) is 18.5. The molecule has 0 aromatic heterocycles. The molecule has 2 aromatic carbocycles. The van der Waals surface area contributed by atoms with E-state index < -0.39 is 31.2 Å². The van der Waals surface area contributed by atoms with Crippen LogP contribution in [0.5, 0.6) is 0 Å². The van der Waals surface area contributed by atoms with Gasteiger partial charge in [0.2, 0.25) is 7.37 Å². The molecular weight excluding hydrogens is 711 g/mol. The molecule has 0 heterocycles. The number of aliphatic carboxylic acids is 2. The maximum absolute atomic E-state index is 13.3. The van der Waals surface area contributed by atoms with Crippen LogP contribution in [0.1, 0.15) is 129 Å². The Morgan fingerprint density at radius 2 is 1.42 bits per heavy atom. The average Bonchev–Trinajstić information content (AvgIpc) is 3.55. The molecule has 0 amide bonds. The van der Waals surface area contributed by atoms with Gasteiger partial charge in [0.15, 0.2) is 0 Å². The second-order valence-corrected chi connectivity index (χ2v) is 20.6. The first kappa shape index (κ1) is 43.2. The van der Waals surface area contributed by atoms with Gasteiger partial charge >= 0.3 is 17.9 Å². The smallest absolute Gasteiger partial charge is 0.309 e. The van der Waals surface area contributed by atoms with E-state index in [-0.39, 0.29) is 32.0 Å². The van der Waals surface area contributed by atoms with Crippen LogP contribution in [0.15, 0.2) is 60.7 Å². The highest BCUT2D eigenvalue weighted by Crippen LogP contribution is 2.68. The summed E-state index contributed by atoms with van der Waals surface area (Å²) in [5.74, 6) is 2.45. The van der Waals surface area contributed by atoms with Crippen LogP contribution in [-0.4, -0.2) is 40.4 Å². The monoisotopic (exact) mass is 778 g/mol. The minimum Gasteiger partial charge on any atom is -0.481 e. The number of carbonyl (C=O) groups is 3. The molecule has 9 heteroatoms. The van der Waals surface area contributed by atoms with Gasteiger partial charge in [-0.05, 0) is 122 Å². The van der Waals surface area contributed by atoms with E-state index in [1.807, 2.05) is 67.6 Å². The van der Waals surface area contributed by atoms with Crippen molar-refractivity contribution in [2.24, 2.45) is 52.3 Å². The highest BCUT2D eigenvalue weighted by molar-refractivity contribution is 7.59. The van der Waals surface area contributed by atoms with Crippen LogP contribution in [0.3, 0.4) is 0 Å². The van der Waals surface area contributed by atoms with Crippen molar-refractivity contribution in [3.63, 3.8) is 0 Å². The van der Waals surface area contributed by atoms with E-state index in [4.69, 9.17) is 19.5 Å². The first-order valence-electron chi connectivity index (χ1n) is 21.2. The molecule has 304 valence electrons. The highest BCUT2D eigenvalue weighted by Gasteiger charge is 2.60. The summed E-state index contributed by atoms with van der Waals surface area (Å²) in [5, 5.41) is 18.1. The third-order valence-electron chi connectivity index (χ3n) is 14.7. The summed E-state index contributed by atoms with van der Waals surface area (Å²) in [7, 11) is -3.34. The van der Waals surface area contributed by atoms with Gasteiger partial charge in [0, 0.05) is 18.7 Å². The fourth-order valence-electron chi connectivity index (χ4n) is 11.6. The van der Waals surface area contributed by atoms with Crippen molar-refractivity contribution in [3.8, 4) is 0 Å². The van der Waals surface area contributed by atoms with Gasteiger partial charge in [0.1, 0.15) is 6.61 Å². The molecule has 9 unspecified atom stereocenters. The zero-order valence-corrected chi connectivity index (χ0v) is 34.7. The third kappa shape index (κ3) is 10.9. The van der Waals surface area contributed by atoms with E-state index in [0.29, 0.717) is 29.6 Å². The predicted octanol–water partition coefficient (Wildman–Crippen LogP) is 11.3. The number of hydrogen-bond acceptors (Lipinski definition) is 6. The lowest BCUT2D eigenvalue weighted by molar-refractivity contribution is -0.149. The van der Waals surface area contributed by atoms with Crippen molar-refractivity contribution in [1.29, 1.82) is 0 Å². The molecule has 4 fully saturated rings. The number of carbonyl (C=O) groups excluding carboxylic acids is 1. The fourth-order valence-corrected chi connectivity index (χ4v) is 14.0. The van der Waals surface area contributed by atoms with E-state index >= 15 is 0 Å². The van der Waals surface area contributed by atoms with Crippen LogP contribution < -0.4 is 0 Å². The molecule has 2 aromatic rings. The van der Waals surface area contributed by atoms with E-state index in [9.17, 15) is 18.9 Å². The maximum atomic E-state index is 13.3. The normalized spacial score (nSPS) is 30.5. The van der Waals surface area contributed by atoms with Gasteiger partial charge in [0.05, 0.1) is 18.9 Å². The number of rotatable bonds is 16. The largest absolute Gasteiger partial charge is 0.481 e. The van der Waals surface area contributed by atoms with E-state index in [1.165, 1.54) is 64.2 Å². The van der Waals surface area contributed by atoms with Crippen LogP contribution in [0.2, 0.25) is 0 Å². The Kier molecular flexibility index (Phi) is 15.3. The number of carboxylic acids is 2. The summed E-state index contributed by atoms with van der Waals surface area (Å²) < 4.78 is 24.4. The molecule has 0 spiro atoms. The number of carboxylic acid groups (broad SMARTS) is 2. The number of esters is 1. The summed E-state index contributed by atoms with van der Waals surface area (Å²) in [6.07, 6.45) is 15.8. The summed E-state index contributed by atoms with van der Waals surface area (Å²) in [4.78, 5) is 34.6. The van der Waals surface area contributed by atoms with Crippen LogP contribution in [-0.2, 0) is 41.4 Å². The molecule has 8 nitrogen and oxygen atoms in total. The van der Waals surface area contributed by atoms with Gasteiger partial charge in [-0.1, -0.05) is 101 Å². The predicted molar refractivity (Wildman–Crippen MR) is 217 cm³/mol. The Hall–Kier alpha value is -2.96. The molecule has 0 radical (unpaired) electrons. The SMILES string of the molecule is CCC(CP(=O)(CCC(=O)O)OCc1ccccc1)C(=O)OCc1ccccc1.C[C@H](CCC(=O)O)C1CCC2C3CCC4CCCCC4(C)C3CCC21C. The standard InChI is InChI=1S/C24H40O2.C22H27O6P/c1-16(7-12-22(25)26)19-10-11-20-18-9-8-17-6-4-5-14-23(17,2)21(18)13-15-24(19,20)3;1-2-20(22(25)27-15-18-9-5-3-6-10-18)17-29(26,14-13-21(23)24)28-16-19-11-7-4-8-12-19/h16-21H,4-15H2,1-3H3,(H,25,26);3-12,20H,2,13-17H2,1H3,(H,23,24)/t16-,17?,18?,19?,20?,21?,23?,24?;/m1./s1. The van der Waals surface area contributed by atoms with Crippen LogP contribution in [0, 0.1) is 52.3 Å². The molecule has 0 saturated heterocycles. The topological polar surface area (TPSA) is 127 Å². The van der Waals surface area contributed by atoms with Crippen molar-refractivity contribution in [2.45, 2.75) is 131 Å². The van der Waals surface area contributed by atoms with Gasteiger partial charge in [-0.2, -0.15) is 0 Å². The Labute approximate surface area is 330 Å². The molecule has 4 aliphatic carbocycles. The van der Waals surface area contributed by atoms with Crippen molar-refractivity contribution >= 4 is 25.3 Å². The van der Waals surface area contributed by atoms with Gasteiger partial charge in [-0.15, -0.1) is 0 Å². The molecule has 0 bridgehead atoms. The number of ether oxygens (including phenoxy) is 1. The molecule has 4 aliphatic rings. The number of benzene rings is 2. The molecule has 4 saturated carbocycles.